The SMILES string of the molecule is CC(C)(CO)[C@H](O)C(=O)NCCC(=O)NOn1c(O)ccc1O. The zero-order valence-corrected chi connectivity index (χ0v) is 12.8. The predicted octanol–water partition coefficient (Wildman–Crippen LogP) is -1.76. The van der Waals surface area contributed by atoms with Crippen molar-refractivity contribution in [3.63, 3.8) is 0 Å². The molecule has 1 rings (SSSR count). The van der Waals surface area contributed by atoms with Gasteiger partial charge in [0.1, 0.15) is 6.10 Å². The van der Waals surface area contributed by atoms with Gasteiger partial charge in [0.25, 0.3) is 5.91 Å². The van der Waals surface area contributed by atoms with E-state index in [-0.39, 0.29) is 19.6 Å². The summed E-state index contributed by atoms with van der Waals surface area (Å²) in [5.41, 5.74) is 0.960. The van der Waals surface area contributed by atoms with E-state index in [1.807, 2.05) is 5.48 Å². The van der Waals surface area contributed by atoms with Crippen LogP contribution in [-0.2, 0) is 9.59 Å². The van der Waals surface area contributed by atoms with Crippen molar-refractivity contribution in [3.8, 4) is 11.8 Å². The first-order valence-electron chi connectivity index (χ1n) is 6.81. The molecule has 6 N–H and O–H groups in total. The molecule has 1 aromatic rings. The van der Waals surface area contributed by atoms with E-state index in [1.54, 1.807) is 0 Å². The van der Waals surface area contributed by atoms with Crippen molar-refractivity contribution in [1.82, 2.24) is 15.5 Å². The Balaban J connectivity index is 2.33. The van der Waals surface area contributed by atoms with E-state index < -0.39 is 35.1 Å². The number of aromatic hydroxyl groups is 2. The highest BCUT2D eigenvalue weighted by molar-refractivity contribution is 5.82. The second-order valence-corrected chi connectivity index (χ2v) is 5.55. The van der Waals surface area contributed by atoms with Crippen LogP contribution in [0.1, 0.15) is 20.3 Å². The minimum Gasteiger partial charge on any atom is -0.492 e. The first kappa shape index (κ1) is 18.6. The number of nitrogens with one attached hydrogen (secondary N) is 2. The number of hydroxylamine groups is 1. The molecule has 0 spiro atoms. The average Bonchev–Trinajstić information content (AvgIpc) is 2.82. The van der Waals surface area contributed by atoms with Crippen LogP contribution in [0.15, 0.2) is 12.1 Å². The highest BCUT2D eigenvalue weighted by atomic mass is 16.8. The van der Waals surface area contributed by atoms with Gasteiger partial charge in [0.15, 0.2) is 0 Å². The van der Waals surface area contributed by atoms with Gasteiger partial charge in [-0.1, -0.05) is 18.6 Å². The highest BCUT2D eigenvalue weighted by Gasteiger charge is 2.32. The minimum atomic E-state index is -1.42. The summed E-state index contributed by atoms with van der Waals surface area (Å²) in [4.78, 5) is 27.8. The largest absolute Gasteiger partial charge is 0.492 e. The van der Waals surface area contributed by atoms with Crippen LogP contribution in [-0.4, -0.2) is 56.2 Å². The van der Waals surface area contributed by atoms with Gasteiger partial charge in [-0.3, -0.25) is 14.5 Å². The number of rotatable bonds is 8. The van der Waals surface area contributed by atoms with Gasteiger partial charge in [0, 0.05) is 30.5 Å². The second kappa shape index (κ2) is 7.70. The van der Waals surface area contributed by atoms with Gasteiger partial charge in [0.2, 0.25) is 17.7 Å². The molecular formula is C13H21N3O7. The Hall–Kier alpha value is -2.46. The molecule has 0 saturated heterocycles. The summed E-state index contributed by atoms with van der Waals surface area (Å²) in [7, 11) is 0. The van der Waals surface area contributed by atoms with E-state index in [4.69, 9.17) is 5.11 Å². The van der Waals surface area contributed by atoms with Gasteiger partial charge in [0.05, 0.1) is 6.61 Å². The molecule has 0 saturated carbocycles. The molecule has 23 heavy (non-hydrogen) atoms. The fraction of sp³-hybridized carbons (Fsp3) is 0.538. The predicted molar refractivity (Wildman–Crippen MR) is 77.0 cm³/mol. The van der Waals surface area contributed by atoms with Gasteiger partial charge in [-0.25, -0.2) is 0 Å². The van der Waals surface area contributed by atoms with Crippen LogP contribution in [0.25, 0.3) is 0 Å². The molecule has 0 aliphatic heterocycles. The summed E-state index contributed by atoms with van der Waals surface area (Å²) in [6.07, 6.45) is -1.58. The van der Waals surface area contributed by atoms with Crippen molar-refractivity contribution in [2.24, 2.45) is 5.41 Å². The third-order valence-corrected chi connectivity index (χ3v) is 3.10. The summed E-state index contributed by atoms with van der Waals surface area (Å²) in [5, 5.41) is 39.7. The number of amides is 2. The first-order chi connectivity index (χ1) is 10.7. The van der Waals surface area contributed by atoms with E-state index in [2.05, 4.69) is 10.3 Å². The van der Waals surface area contributed by atoms with Gasteiger partial charge >= 0.3 is 0 Å². The molecule has 0 bridgehead atoms. The van der Waals surface area contributed by atoms with E-state index in [0.29, 0.717) is 4.73 Å². The zero-order chi connectivity index (χ0) is 17.6. The van der Waals surface area contributed by atoms with Crippen LogP contribution in [0.4, 0.5) is 0 Å². The lowest BCUT2D eigenvalue weighted by Gasteiger charge is -2.27. The fourth-order valence-electron chi connectivity index (χ4n) is 1.48. The molecule has 0 aliphatic rings. The topological polar surface area (TPSA) is 153 Å². The number of hydrogen-bond donors (Lipinski definition) is 6. The van der Waals surface area contributed by atoms with Crippen molar-refractivity contribution >= 4 is 11.8 Å². The lowest BCUT2D eigenvalue weighted by atomic mass is 9.87. The minimum absolute atomic E-state index is 0.0732. The van der Waals surface area contributed by atoms with Crippen molar-refractivity contribution in [2.45, 2.75) is 26.4 Å². The van der Waals surface area contributed by atoms with Gasteiger partial charge in [-0.2, -0.15) is 5.48 Å². The van der Waals surface area contributed by atoms with Crippen LogP contribution >= 0.6 is 0 Å². The van der Waals surface area contributed by atoms with E-state index in [9.17, 15) is 24.9 Å². The molecule has 2 amide bonds. The summed E-state index contributed by atoms with van der Waals surface area (Å²) < 4.78 is 0.587. The first-order valence-corrected chi connectivity index (χ1v) is 6.81. The average molecular weight is 331 g/mol. The second-order valence-electron chi connectivity index (χ2n) is 5.55. The maximum atomic E-state index is 11.7. The molecule has 10 heteroatoms. The van der Waals surface area contributed by atoms with Crippen LogP contribution in [0, 0.1) is 5.41 Å². The van der Waals surface area contributed by atoms with Crippen molar-refractivity contribution in [1.29, 1.82) is 0 Å². The highest BCUT2D eigenvalue weighted by Crippen LogP contribution is 2.19. The molecule has 1 aromatic heterocycles. The Kier molecular flexibility index (Phi) is 6.22. The summed E-state index contributed by atoms with van der Waals surface area (Å²) in [6, 6.07) is 2.32. The number of carbonyl (C=O) groups is 2. The molecule has 0 aliphatic carbocycles. The standard InChI is InChI=1S/C13H21N3O7/c1-13(2,7-17)11(21)12(22)14-6-5-8(18)15-23-16-9(19)3-4-10(16)20/h3-4,11,17,19-21H,5-7H2,1-2H3,(H,14,22)(H,15,18)/t11-/m1/s1. The monoisotopic (exact) mass is 331 g/mol. The molecular weight excluding hydrogens is 310 g/mol. The van der Waals surface area contributed by atoms with Crippen LogP contribution in [0.2, 0.25) is 0 Å². The number of nitrogens with zero attached hydrogens (tertiary/aromatic N) is 1. The van der Waals surface area contributed by atoms with Gasteiger partial charge in [-0.05, 0) is 0 Å². The normalized spacial score (nSPS) is 12.5. The lowest BCUT2D eigenvalue weighted by Crippen LogP contribution is -2.46. The third kappa shape index (κ3) is 5.04. The van der Waals surface area contributed by atoms with E-state index in [1.165, 1.54) is 13.8 Å². The third-order valence-electron chi connectivity index (χ3n) is 3.10. The fourth-order valence-corrected chi connectivity index (χ4v) is 1.48. The van der Waals surface area contributed by atoms with Crippen molar-refractivity contribution < 1.29 is 35.0 Å². The molecule has 0 aromatic carbocycles. The van der Waals surface area contributed by atoms with Crippen LogP contribution in [0.3, 0.4) is 0 Å². The van der Waals surface area contributed by atoms with E-state index >= 15 is 0 Å². The zero-order valence-electron chi connectivity index (χ0n) is 12.8. The maximum Gasteiger partial charge on any atom is 0.256 e. The van der Waals surface area contributed by atoms with E-state index in [0.717, 1.165) is 12.1 Å². The Morgan fingerprint density at radius 3 is 2.39 bits per heavy atom. The van der Waals surface area contributed by atoms with Crippen LogP contribution in [0.5, 0.6) is 11.8 Å². The Morgan fingerprint density at radius 1 is 1.30 bits per heavy atom. The smallest absolute Gasteiger partial charge is 0.256 e. The molecule has 1 atom stereocenters. The summed E-state index contributed by atoms with van der Waals surface area (Å²) >= 11 is 0. The summed E-state index contributed by atoms with van der Waals surface area (Å²) in [6.45, 7) is 2.59. The van der Waals surface area contributed by atoms with Crippen molar-refractivity contribution in [2.75, 3.05) is 13.2 Å². The number of aliphatic hydroxyl groups is 2. The number of aromatic nitrogens is 1. The van der Waals surface area contributed by atoms with Gasteiger partial charge < -0.3 is 25.7 Å². The molecule has 0 radical (unpaired) electrons. The Bertz CT molecular complexity index is 536. The molecule has 1 heterocycles. The quantitative estimate of drug-likeness (QED) is 0.309. The number of carbonyl (C=O) groups excluding carboxylic acids is 2. The molecule has 130 valence electrons. The Labute approximate surface area is 132 Å². The molecule has 10 nitrogen and oxygen atoms in total. The lowest BCUT2D eigenvalue weighted by molar-refractivity contribution is -0.137. The molecule has 0 fully saturated rings. The number of hydrogen-bond acceptors (Lipinski definition) is 7. The molecule has 0 unspecified atom stereocenters. The van der Waals surface area contributed by atoms with Crippen molar-refractivity contribution in [3.05, 3.63) is 12.1 Å². The van der Waals surface area contributed by atoms with Crippen LogP contribution < -0.4 is 15.7 Å². The number of aliphatic hydroxyl groups excluding tert-OH is 2. The maximum absolute atomic E-state index is 11.7. The summed E-state index contributed by atoms with van der Waals surface area (Å²) in [5.74, 6) is -2.16. The Morgan fingerprint density at radius 2 is 1.87 bits per heavy atom. The van der Waals surface area contributed by atoms with Gasteiger partial charge in [-0.15, -0.1) is 0 Å².